The van der Waals surface area contributed by atoms with Gasteiger partial charge in [0.1, 0.15) is 0 Å². The zero-order valence-corrected chi connectivity index (χ0v) is 32.7. The number of rotatable bonds is 5. The summed E-state index contributed by atoms with van der Waals surface area (Å²) in [5.41, 5.74) is 7.61. The van der Waals surface area contributed by atoms with Crippen molar-refractivity contribution in [3.63, 3.8) is 0 Å². The predicted octanol–water partition coefficient (Wildman–Crippen LogP) is 15.2. The second kappa shape index (κ2) is 13.3. The van der Waals surface area contributed by atoms with Gasteiger partial charge >= 0.3 is 0 Å². The van der Waals surface area contributed by atoms with E-state index in [0.717, 1.165) is 27.6 Å². The molecule has 270 valence electrons. The van der Waals surface area contributed by atoms with Crippen LogP contribution in [0.2, 0.25) is 0 Å². The van der Waals surface area contributed by atoms with E-state index >= 15 is 0 Å². The molecule has 0 fully saturated rings. The van der Waals surface area contributed by atoms with Crippen LogP contribution in [-0.4, -0.2) is 15.0 Å². The van der Waals surface area contributed by atoms with Gasteiger partial charge in [-0.05, 0) is 92.3 Å². The van der Waals surface area contributed by atoms with Gasteiger partial charge in [-0.25, -0.2) is 15.0 Å². The molecule has 3 heterocycles. The third-order valence-electron chi connectivity index (χ3n) is 11.3. The van der Waals surface area contributed by atoms with Crippen molar-refractivity contribution in [3.05, 3.63) is 188 Å². The van der Waals surface area contributed by atoms with E-state index < -0.39 is 0 Å². The maximum absolute atomic E-state index is 5.24. The molecule has 0 saturated carbocycles. The largest absolute Gasteiger partial charge is 0.208 e. The monoisotopic (exact) mass is 773 g/mol. The van der Waals surface area contributed by atoms with Gasteiger partial charge in [0.2, 0.25) is 0 Å². The number of hydrogen-bond donors (Lipinski definition) is 0. The highest BCUT2D eigenvalue weighted by molar-refractivity contribution is 7.26. The first-order valence-corrected chi connectivity index (χ1v) is 21.0. The number of hydrogen-bond acceptors (Lipinski definition) is 5. The van der Waals surface area contributed by atoms with Gasteiger partial charge in [0, 0.05) is 57.0 Å². The molecule has 0 bridgehead atoms. The van der Waals surface area contributed by atoms with Crippen LogP contribution in [0.1, 0.15) is 0 Å². The average molecular weight is 774 g/mol. The van der Waals surface area contributed by atoms with Gasteiger partial charge in [0.25, 0.3) is 0 Å². The van der Waals surface area contributed by atoms with E-state index in [0.29, 0.717) is 17.5 Å². The molecule has 58 heavy (non-hydrogen) atoms. The third kappa shape index (κ3) is 5.59. The molecule has 0 aliphatic carbocycles. The Bertz CT molecular complexity index is 3570. The molecule has 12 aromatic rings. The Morgan fingerprint density at radius 2 is 0.862 bits per heavy atom. The van der Waals surface area contributed by atoms with Gasteiger partial charge in [-0.1, -0.05) is 140 Å². The van der Waals surface area contributed by atoms with Crippen LogP contribution < -0.4 is 0 Å². The van der Waals surface area contributed by atoms with Crippen LogP contribution >= 0.6 is 22.7 Å². The highest BCUT2D eigenvalue weighted by atomic mass is 32.1. The van der Waals surface area contributed by atoms with Crippen molar-refractivity contribution in [3.8, 4) is 56.4 Å². The molecule has 0 N–H and O–H groups in total. The highest BCUT2D eigenvalue weighted by Crippen LogP contribution is 2.41. The summed E-state index contributed by atoms with van der Waals surface area (Å²) < 4.78 is 5.06. The molecule has 3 aromatic heterocycles. The summed E-state index contributed by atoms with van der Waals surface area (Å²) in [7, 11) is 0. The van der Waals surface area contributed by atoms with Crippen molar-refractivity contribution in [2.75, 3.05) is 0 Å². The number of nitrogens with zero attached hydrogens (tertiary/aromatic N) is 3. The predicted molar refractivity (Wildman–Crippen MR) is 248 cm³/mol. The summed E-state index contributed by atoms with van der Waals surface area (Å²) in [6.45, 7) is 0. The van der Waals surface area contributed by atoms with Crippen LogP contribution in [0.5, 0.6) is 0 Å². The van der Waals surface area contributed by atoms with Crippen LogP contribution in [0.25, 0.3) is 118 Å². The lowest BCUT2D eigenvalue weighted by atomic mass is 9.98. The van der Waals surface area contributed by atoms with Crippen molar-refractivity contribution in [1.82, 2.24) is 15.0 Å². The fourth-order valence-corrected chi connectivity index (χ4v) is 10.7. The van der Waals surface area contributed by atoms with Crippen LogP contribution in [0.15, 0.2) is 188 Å². The summed E-state index contributed by atoms with van der Waals surface area (Å²) in [6, 6.07) is 67.5. The minimum Gasteiger partial charge on any atom is -0.208 e. The summed E-state index contributed by atoms with van der Waals surface area (Å²) >= 11 is 3.65. The zero-order chi connectivity index (χ0) is 38.2. The van der Waals surface area contributed by atoms with Crippen LogP contribution in [0.4, 0.5) is 0 Å². The van der Waals surface area contributed by atoms with Gasteiger partial charge in [0.15, 0.2) is 17.5 Å². The quantitative estimate of drug-likeness (QED) is 0.175. The molecule has 0 radical (unpaired) electrons. The van der Waals surface area contributed by atoms with Crippen molar-refractivity contribution in [1.29, 1.82) is 0 Å². The maximum Gasteiger partial charge on any atom is 0.165 e. The number of aromatic nitrogens is 3. The van der Waals surface area contributed by atoms with E-state index in [1.54, 1.807) is 11.3 Å². The fraction of sp³-hybridized carbons (Fsp3) is 0. The molecular weight excluding hydrogens is 743 g/mol. The molecule has 5 heteroatoms. The maximum atomic E-state index is 5.24. The van der Waals surface area contributed by atoms with Gasteiger partial charge < -0.3 is 0 Å². The van der Waals surface area contributed by atoms with E-state index in [-0.39, 0.29) is 0 Å². The summed E-state index contributed by atoms with van der Waals surface area (Å²) in [4.78, 5) is 15.6. The van der Waals surface area contributed by atoms with E-state index in [2.05, 4.69) is 182 Å². The summed E-state index contributed by atoms with van der Waals surface area (Å²) in [5.74, 6) is 1.97. The van der Waals surface area contributed by atoms with E-state index in [1.807, 2.05) is 17.4 Å². The molecule has 0 saturated heterocycles. The molecule has 12 rings (SSSR count). The molecule has 0 atom stereocenters. The van der Waals surface area contributed by atoms with Crippen molar-refractivity contribution in [2.24, 2.45) is 0 Å². The Morgan fingerprint density at radius 3 is 1.72 bits per heavy atom. The number of fused-ring (bicyclic) bond motifs is 8. The zero-order valence-electron chi connectivity index (χ0n) is 31.1. The molecule has 0 aliphatic rings. The lowest BCUT2D eigenvalue weighted by Crippen LogP contribution is -2.00. The Morgan fingerprint density at radius 1 is 0.276 bits per heavy atom. The fourth-order valence-electron chi connectivity index (χ4n) is 8.33. The molecule has 0 spiro atoms. The first-order chi connectivity index (χ1) is 28.7. The molecule has 9 aromatic carbocycles. The van der Waals surface area contributed by atoms with Gasteiger partial charge in [0.05, 0.1) is 0 Å². The number of thiophene rings is 2. The smallest absolute Gasteiger partial charge is 0.165 e. The van der Waals surface area contributed by atoms with Crippen LogP contribution in [0, 0.1) is 0 Å². The number of benzene rings is 9. The molecule has 3 nitrogen and oxygen atoms in total. The topological polar surface area (TPSA) is 38.7 Å². The van der Waals surface area contributed by atoms with Crippen LogP contribution in [-0.2, 0) is 0 Å². The first-order valence-electron chi connectivity index (χ1n) is 19.4. The van der Waals surface area contributed by atoms with Crippen LogP contribution in [0.3, 0.4) is 0 Å². The highest BCUT2D eigenvalue weighted by Gasteiger charge is 2.17. The van der Waals surface area contributed by atoms with E-state index in [1.165, 1.54) is 73.2 Å². The molecular formula is C53H31N3S2. The Kier molecular flexibility index (Phi) is 7.58. The SMILES string of the molecule is c1ccc(-c2ccc(-c3nc(-c4ccc5ccc(-c6ccc7sc8cc9ccccc9cc8c7c6)cc5c4)nc(-c4cccc5c4sc4ccccc45)n3)cc2)cc1. The van der Waals surface area contributed by atoms with Crippen molar-refractivity contribution < 1.29 is 0 Å². The average Bonchev–Trinajstić information content (AvgIpc) is 3.85. The van der Waals surface area contributed by atoms with Gasteiger partial charge in [-0.2, -0.15) is 0 Å². The normalized spacial score (nSPS) is 11.8. The molecule has 0 unspecified atom stereocenters. The van der Waals surface area contributed by atoms with Crippen molar-refractivity contribution >= 4 is 84.6 Å². The third-order valence-corrected chi connectivity index (χ3v) is 13.7. The van der Waals surface area contributed by atoms with E-state index in [9.17, 15) is 0 Å². The summed E-state index contributed by atoms with van der Waals surface area (Å²) in [6.07, 6.45) is 0. The molecule has 0 amide bonds. The Hall–Kier alpha value is -7.05. The lowest BCUT2D eigenvalue weighted by Gasteiger charge is -2.11. The lowest BCUT2D eigenvalue weighted by molar-refractivity contribution is 1.08. The first kappa shape index (κ1) is 33.1. The second-order valence-electron chi connectivity index (χ2n) is 14.8. The van der Waals surface area contributed by atoms with Gasteiger partial charge in [-0.15, -0.1) is 22.7 Å². The molecule has 0 aliphatic heterocycles. The van der Waals surface area contributed by atoms with E-state index in [4.69, 9.17) is 15.0 Å². The van der Waals surface area contributed by atoms with Gasteiger partial charge in [-0.3, -0.25) is 0 Å². The minimum atomic E-state index is 0.649. The second-order valence-corrected chi connectivity index (χ2v) is 17.0. The Labute approximate surface area is 342 Å². The Balaban J connectivity index is 0.990. The minimum absolute atomic E-state index is 0.649. The summed E-state index contributed by atoms with van der Waals surface area (Å²) in [5, 5.41) is 9.93. The standard InChI is InChI=1S/C53H31N3S2/c1-2-9-32(10-3-1)33-17-21-35(22-18-33)51-54-52(56-53(55-51)44-15-8-14-43-42-13-6-7-16-47(42)58-50(43)44)40-24-20-34-19-23-38(27-41(34)28-40)39-25-26-48-45(30-39)46-29-36-11-4-5-12-37(36)31-49(46)57-48/h1-31H. The van der Waals surface area contributed by atoms with Crippen molar-refractivity contribution in [2.45, 2.75) is 0 Å².